The van der Waals surface area contributed by atoms with Crippen molar-refractivity contribution in [1.29, 1.82) is 0 Å². The number of carbonyl (C=O) groups excluding carboxylic acids is 2. The Balaban J connectivity index is 1.37. The smallest absolute Gasteiger partial charge is 0.260 e. The van der Waals surface area contributed by atoms with Gasteiger partial charge in [0.05, 0.1) is 12.7 Å². The minimum absolute atomic E-state index is 0.384. The molecule has 3 aromatic rings. The van der Waals surface area contributed by atoms with Crippen LogP contribution in [0.1, 0.15) is 40.7 Å². The van der Waals surface area contributed by atoms with Crippen LogP contribution >= 0.6 is 0 Å². The molecule has 2 aliphatic rings. The van der Waals surface area contributed by atoms with Crippen molar-refractivity contribution in [3.63, 3.8) is 0 Å². The van der Waals surface area contributed by atoms with Crippen LogP contribution in [0.4, 0.5) is 5.69 Å². The molecule has 0 saturated carbocycles. The summed E-state index contributed by atoms with van der Waals surface area (Å²) in [5.41, 5.74) is 5.57. The highest BCUT2D eigenvalue weighted by Gasteiger charge is 2.27. The van der Waals surface area contributed by atoms with Crippen LogP contribution in [0.2, 0.25) is 0 Å². The van der Waals surface area contributed by atoms with E-state index in [0.717, 1.165) is 42.2 Å². The zero-order valence-electron chi connectivity index (χ0n) is 19.8. The summed E-state index contributed by atoms with van der Waals surface area (Å²) in [5, 5.41) is 5.68. The van der Waals surface area contributed by atoms with E-state index in [9.17, 15) is 9.59 Å². The number of benzene rings is 3. The molecule has 0 atom stereocenters. The molecule has 0 spiro atoms. The van der Waals surface area contributed by atoms with E-state index >= 15 is 0 Å². The number of nitrogens with zero attached hydrogens (tertiary/aromatic N) is 1. The number of nitrogens with one attached hydrogen (secondary N) is 2. The van der Waals surface area contributed by atoms with Gasteiger partial charge in [-0.2, -0.15) is 0 Å². The van der Waals surface area contributed by atoms with Gasteiger partial charge in [0, 0.05) is 29.6 Å². The third kappa shape index (κ3) is 5.12. The number of fused-ring (bicyclic) bond motifs is 1. The normalized spacial score (nSPS) is 17.1. The summed E-state index contributed by atoms with van der Waals surface area (Å²) in [6, 6.07) is 21.5. The molecule has 0 aromatic heterocycles. The summed E-state index contributed by atoms with van der Waals surface area (Å²) < 4.78 is 5.24. The molecule has 6 nitrogen and oxygen atoms in total. The quantitative estimate of drug-likeness (QED) is 0.391. The predicted octanol–water partition coefficient (Wildman–Crippen LogP) is 5.07. The lowest BCUT2D eigenvalue weighted by Gasteiger charge is -2.26. The molecule has 35 heavy (non-hydrogen) atoms. The molecule has 2 amide bonds. The van der Waals surface area contributed by atoms with Gasteiger partial charge in [-0.1, -0.05) is 36.8 Å². The van der Waals surface area contributed by atoms with Crippen molar-refractivity contribution in [2.75, 3.05) is 25.5 Å². The van der Waals surface area contributed by atoms with Gasteiger partial charge in [-0.25, -0.2) is 0 Å². The summed E-state index contributed by atoms with van der Waals surface area (Å²) in [4.78, 5) is 27.7. The minimum Gasteiger partial charge on any atom is -0.497 e. The zero-order chi connectivity index (χ0) is 24.2. The van der Waals surface area contributed by atoms with Crippen LogP contribution in [0.15, 0.2) is 72.9 Å². The molecule has 178 valence electrons. The van der Waals surface area contributed by atoms with Crippen LogP contribution in [-0.4, -0.2) is 36.9 Å². The number of rotatable bonds is 6. The van der Waals surface area contributed by atoms with Gasteiger partial charge < -0.3 is 10.1 Å². The fourth-order valence-electron chi connectivity index (χ4n) is 4.67. The van der Waals surface area contributed by atoms with Crippen molar-refractivity contribution in [2.45, 2.75) is 25.8 Å². The minimum atomic E-state index is -0.413. The molecule has 2 heterocycles. The number of hydrogen-bond donors (Lipinski definition) is 2. The van der Waals surface area contributed by atoms with Gasteiger partial charge in [-0.3, -0.25) is 19.8 Å². The Bertz CT molecular complexity index is 1260. The first-order chi connectivity index (χ1) is 17.1. The second-order valence-electron chi connectivity index (χ2n) is 9.01. The Morgan fingerprint density at radius 1 is 0.857 bits per heavy atom. The number of amides is 2. The number of anilines is 1. The van der Waals surface area contributed by atoms with Gasteiger partial charge in [-0.05, 0) is 79.0 Å². The number of carbonyl (C=O) groups is 2. The second-order valence-corrected chi connectivity index (χ2v) is 9.01. The summed E-state index contributed by atoms with van der Waals surface area (Å²) >= 11 is 0. The number of hydrogen-bond acceptors (Lipinski definition) is 5. The van der Waals surface area contributed by atoms with E-state index < -0.39 is 5.91 Å². The van der Waals surface area contributed by atoms with Crippen molar-refractivity contribution in [2.24, 2.45) is 0 Å². The first-order valence-electron chi connectivity index (χ1n) is 12.0. The predicted molar refractivity (Wildman–Crippen MR) is 138 cm³/mol. The zero-order valence-corrected chi connectivity index (χ0v) is 19.8. The van der Waals surface area contributed by atoms with Crippen LogP contribution in [0.25, 0.3) is 16.7 Å². The highest BCUT2D eigenvalue weighted by molar-refractivity contribution is 6.31. The highest BCUT2D eigenvalue weighted by Crippen LogP contribution is 2.30. The van der Waals surface area contributed by atoms with Crippen molar-refractivity contribution in [3.8, 4) is 16.9 Å². The Morgan fingerprint density at radius 2 is 1.57 bits per heavy atom. The Kier molecular flexibility index (Phi) is 6.64. The highest BCUT2D eigenvalue weighted by atomic mass is 16.5. The molecular weight excluding hydrogens is 438 g/mol. The molecule has 5 rings (SSSR count). The SMILES string of the molecule is COc1ccc(-c2ccc3c(c2)/C(=C/Nc2ccc(CN4CCCCC4)cc2)C(=O)NC3=O)cc1. The van der Waals surface area contributed by atoms with Gasteiger partial charge in [-0.15, -0.1) is 0 Å². The molecule has 1 saturated heterocycles. The van der Waals surface area contributed by atoms with Crippen molar-refractivity contribution < 1.29 is 14.3 Å². The number of ether oxygens (including phenoxy) is 1. The summed E-state index contributed by atoms with van der Waals surface area (Å²) in [7, 11) is 1.63. The lowest BCUT2D eigenvalue weighted by Crippen LogP contribution is -2.36. The lowest BCUT2D eigenvalue weighted by molar-refractivity contribution is -0.114. The van der Waals surface area contributed by atoms with Crippen LogP contribution in [0, 0.1) is 0 Å². The van der Waals surface area contributed by atoms with Crippen LogP contribution in [0.3, 0.4) is 0 Å². The standard InChI is InChI=1S/C29H29N3O3/c1-35-24-12-7-21(8-13-24)22-9-14-25-26(17-22)27(29(34)31-28(25)33)18-30-23-10-5-20(6-11-23)19-32-15-3-2-4-16-32/h5-14,17-18,30H,2-4,15-16,19H2,1H3,(H,31,33,34)/b27-18-. The fraction of sp³-hybridized carbons (Fsp3) is 0.241. The van der Waals surface area contributed by atoms with Crippen LogP contribution < -0.4 is 15.4 Å². The van der Waals surface area contributed by atoms with Crippen molar-refractivity contribution in [3.05, 3.63) is 89.6 Å². The van der Waals surface area contributed by atoms with Gasteiger partial charge >= 0.3 is 0 Å². The van der Waals surface area contributed by atoms with Gasteiger partial charge in [0.15, 0.2) is 0 Å². The average Bonchev–Trinajstić information content (AvgIpc) is 2.90. The molecule has 0 unspecified atom stereocenters. The topological polar surface area (TPSA) is 70.7 Å². The lowest BCUT2D eigenvalue weighted by atomic mass is 9.91. The Labute approximate surface area is 205 Å². The average molecular weight is 468 g/mol. The molecule has 0 bridgehead atoms. The summed E-state index contributed by atoms with van der Waals surface area (Å²) in [6.07, 6.45) is 5.56. The molecule has 0 radical (unpaired) electrons. The number of likely N-dealkylation sites (tertiary alicyclic amines) is 1. The van der Waals surface area contributed by atoms with E-state index in [0.29, 0.717) is 16.7 Å². The van der Waals surface area contributed by atoms with E-state index in [1.807, 2.05) is 48.5 Å². The van der Waals surface area contributed by atoms with Crippen LogP contribution in [-0.2, 0) is 11.3 Å². The monoisotopic (exact) mass is 467 g/mol. The van der Waals surface area contributed by atoms with Gasteiger partial charge in [0.2, 0.25) is 0 Å². The molecule has 2 aliphatic heterocycles. The van der Waals surface area contributed by atoms with Gasteiger partial charge in [0.25, 0.3) is 11.8 Å². The second kappa shape index (κ2) is 10.2. The largest absolute Gasteiger partial charge is 0.497 e. The summed E-state index contributed by atoms with van der Waals surface area (Å²) in [5.74, 6) is -0.0258. The fourth-order valence-corrected chi connectivity index (χ4v) is 4.67. The van der Waals surface area contributed by atoms with E-state index in [-0.39, 0.29) is 5.91 Å². The first-order valence-corrected chi connectivity index (χ1v) is 12.0. The maximum Gasteiger partial charge on any atom is 0.260 e. The van der Waals surface area contributed by atoms with E-state index in [1.54, 1.807) is 19.4 Å². The third-order valence-electron chi connectivity index (χ3n) is 6.64. The molecule has 3 aromatic carbocycles. The summed E-state index contributed by atoms with van der Waals surface area (Å²) in [6.45, 7) is 3.29. The number of methoxy groups -OCH3 is 1. The third-order valence-corrected chi connectivity index (χ3v) is 6.64. The van der Waals surface area contributed by atoms with E-state index in [4.69, 9.17) is 4.74 Å². The molecule has 1 fully saturated rings. The number of imide groups is 1. The Hall–Kier alpha value is -3.90. The van der Waals surface area contributed by atoms with Gasteiger partial charge in [0.1, 0.15) is 5.75 Å². The maximum atomic E-state index is 12.7. The van der Waals surface area contributed by atoms with Crippen molar-refractivity contribution in [1.82, 2.24) is 10.2 Å². The van der Waals surface area contributed by atoms with E-state index in [1.165, 1.54) is 24.8 Å². The molecule has 6 heteroatoms. The van der Waals surface area contributed by atoms with Crippen LogP contribution in [0.5, 0.6) is 5.75 Å². The van der Waals surface area contributed by atoms with E-state index in [2.05, 4.69) is 27.7 Å². The first kappa shape index (κ1) is 22.9. The molecular formula is C29H29N3O3. The maximum absolute atomic E-state index is 12.7. The molecule has 0 aliphatic carbocycles. The molecule has 2 N–H and O–H groups in total. The number of piperidine rings is 1. The van der Waals surface area contributed by atoms with Crippen molar-refractivity contribution >= 4 is 23.1 Å². The Morgan fingerprint density at radius 3 is 2.29 bits per heavy atom.